The van der Waals surface area contributed by atoms with Crippen LogP contribution in [0.1, 0.15) is 43.6 Å². The van der Waals surface area contributed by atoms with E-state index in [1.165, 1.54) is 31.2 Å². The summed E-state index contributed by atoms with van der Waals surface area (Å²) < 4.78 is 0. The van der Waals surface area contributed by atoms with E-state index < -0.39 is 0 Å². The first-order chi connectivity index (χ1) is 7.68. The molecule has 2 N–H and O–H groups in total. The summed E-state index contributed by atoms with van der Waals surface area (Å²) in [6.07, 6.45) is 6.09. The molecule has 0 spiro atoms. The molecule has 1 aromatic rings. The molecular formula is C13H17Cl2N. The zero-order chi connectivity index (χ0) is 11.5. The minimum atomic E-state index is 0.264. The lowest BCUT2D eigenvalue weighted by molar-refractivity contribution is 0.505. The summed E-state index contributed by atoms with van der Waals surface area (Å²) in [5.41, 5.74) is 7.46. The molecular weight excluding hydrogens is 241 g/mol. The maximum Gasteiger partial charge on any atom is 0.0595 e. The van der Waals surface area contributed by atoms with Crippen molar-refractivity contribution >= 4 is 23.2 Å². The minimum Gasteiger partial charge on any atom is -0.327 e. The van der Waals surface area contributed by atoms with Gasteiger partial charge in [0.15, 0.2) is 0 Å². The molecule has 16 heavy (non-hydrogen) atoms. The Morgan fingerprint density at radius 3 is 2.50 bits per heavy atom. The standard InChI is InChI=1S/C13H17Cl2N/c14-11-7-6-9(8-12(11)15)10-4-2-1-3-5-13(10)16/h6-8,10,13H,1-5,16H2. The van der Waals surface area contributed by atoms with E-state index >= 15 is 0 Å². The molecule has 1 aromatic carbocycles. The van der Waals surface area contributed by atoms with Crippen LogP contribution in [-0.4, -0.2) is 6.04 Å². The van der Waals surface area contributed by atoms with Gasteiger partial charge in [0.2, 0.25) is 0 Å². The van der Waals surface area contributed by atoms with Gasteiger partial charge >= 0.3 is 0 Å². The lowest BCUT2D eigenvalue weighted by atomic mass is 9.88. The van der Waals surface area contributed by atoms with E-state index in [1.54, 1.807) is 0 Å². The Labute approximate surface area is 107 Å². The van der Waals surface area contributed by atoms with Gasteiger partial charge in [0.1, 0.15) is 0 Å². The summed E-state index contributed by atoms with van der Waals surface area (Å²) in [4.78, 5) is 0. The Kier molecular flexibility index (Phi) is 4.12. The van der Waals surface area contributed by atoms with Crippen LogP contribution in [0.2, 0.25) is 10.0 Å². The van der Waals surface area contributed by atoms with Crippen LogP contribution < -0.4 is 5.73 Å². The van der Waals surface area contributed by atoms with E-state index in [-0.39, 0.29) is 6.04 Å². The van der Waals surface area contributed by atoms with Crippen molar-refractivity contribution in [3.63, 3.8) is 0 Å². The zero-order valence-corrected chi connectivity index (χ0v) is 10.8. The van der Waals surface area contributed by atoms with Crippen molar-refractivity contribution in [2.75, 3.05) is 0 Å². The SMILES string of the molecule is NC1CCCCCC1c1ccc(Cl)c(Cl)c1. The molecule has 2 rings (SSSR count). The minimum absolute atomic E-state index is 0.264. The van der Waals surface area contributed by atoms with Gasteiger partial charge in [0.25, 0.3) is 0 Å². The molecule has 0 amide bonds. The average molecular weight is 258 g/mol. The smallest absolute Gasteiger partial charge is 0.0595 e. The van der Waals surface area contributed by atoms with Crippen LogP contribution in [0.15, 0.2) is 18.2 Å². The van der Waals surface area contributed by atoms with Gasteiger partial charge in [-0.1, -0.05) is 48.5 Å². The molecule has 1 nitrogen and oxygen atoms in total. The average Bonchev–Trinajstić information content (AvgIpc) is 2.47. The van der Waals surface area contributed by atoms with Crippen molar-refractivity contribution < 1.29 is 0 Å². The predicted octanol–water partition coefficient (Wildman–Crippen LogP) is 4.37. The van der Waals surface area contributed by atoms with E-state index in [9.17, 15) is 0 Å². The van der Waals surface area contributed by atoms with E-state index in [1.807, 2.05) is 12.1 Å². The van der Waals surface area contributed by atoms with Gasteiger partial charge < -0.3 is 5.73 Å². The van der Waals surface area contributed by atoms with Crippen LogP contribution in [0.25, 0.3) is 0 Å². The summed E-state index contributed by atoms with van der Waals surface area (Å²) >= 11 is 12.0. The molecule has 3 heteroatoms. The first kappa shape index (κ1) is 12.2. The highest BCUT2D eigenvalue weighted by molar-refractivity contribution is 6.42. The van der Waals surface area contributed by atoms with Crippen LogP contribution in [-0.2, 0) is 0 Å². The Balaban J connectivity index is 2.23. The molecule has 0 aliphatic heterocycles. The van der Waals surface area contributed by atoms with Gasteiger partial charge in [-0.25, -0.2) is 0 Å². The first-order valence-corrected chi connectivity index (χ1v) is 6.64. The molecule has 2 unspecified atom stereocenters. The van der Waals surface area contributed by atoms with Crippen molar-refractivity contribution in [3.8, 4) is 0 Å². The molecule has 0 aromatic heterocycles. The molecule has 0 bridgehead atoms. The van der Waals surface area contributed by atoms with Gasteiger partial charge in [0.05, 0.1) is 10.0 Å². The fourth-order valence-electron chi connectivity index (χ4n) is 2.49. The van der Waals surface area contributed by atoms with Crippen LogP contribution in [0.3, 0.4) is 0 Å². The number of benzene rings is 1. The van der Waals surface area contributed by atoms with Crippen molar-refractivity contribution in [3.05, 3.63) is 33.8 Å². The summed E-state index contributed by atoms with van der Waals surface area (Å²) in [5.74, 6) is 0.442. The second-order valence-electron chi connectivity index (χ2n) is 4.58. The molecule has 1 aliphatic carbocycles. The van der Waals surface area contributed by atoms with Gasteiger partial charge in [-0.2, -0.15) is 0 Å². The number of hydrogen-bond donors (Lipinski definition) is 1. The lowest BCUT2D eigenvalue weighted by Crippen LogP contribution is -2.27. The topological polar surface area (TPSA) is 26.0 Å². The first-order valence-electron chi connectivity index (χ1n) is 5.89. The van der Waals surface area contributed by atoms with Gasteiger partial charge in [-0.3, -0.25) is 0 Å². The van der Waals surface area contributed by atoms with E-state index in [4.69, 9.17) is 28.9 Å². The van der Waals surface area contributed by atoms with E-state index in [0.717, 1.165) is 6.42 Å². The second-order valence-corrected chi connectivity index (χ2v) is 5.40. The third-order valence-corrected chi connectivity index (χ3v) is 4.18. The Morgan fingerprint density at radius 1 is 1.00 bits per heavy atom. The Hall–Kier alpha value is -0.240. The van der Waals surface area contributed by atoms with Crippen molar-refractivity contribution in [2.24, 2.45) is 5.73 Å². The highest BCUT2D eigenvalue weighted by atomic mass is 35.5. The summed E-state index contributed by atoms with van der Waals surface area (Å²) in [7, 11) is 0. The molecule has 1 fully saturated rings. The number of nitrogens with two attached hydrogens (primary N) is 1. The fraction of sp³-hybridized carbons (Fsp3) is 0.538. The number of hydrogen-bond acceptors (Lipinski definition) is 1. The Bertz CT molecular complexity index is 365. The third kappa shape index (κ3) is 2.71. The van der Waals surface area contributed by atoms with Crippen molar-refractivity contribution in [2.45, 2.75) is 44.1 Å². The monoisotopic (exact) mass is 257 g/mol. The van der Waals surface area contributed by atoms with Crippen molar-refractivity contribution in [1.82, 2.24) is 0 Å². The maximum atomic E-state index is 6.22. The van der Waals surface area contributed by atoms with Crippen molar-refractivity contribution in [1.29, 1.82) is 0 Å². The quantitative estimate of drug-likeness (QED) is 0.744. The predicted molar refractivity (Wildman–Crippen MR) is 70.3 cm³/mol. The van der Waals surface area contributed by atoms with Gasteiger partial charge in [0, 0.05) is 6.04 Å². The normalized spacial score (nSPS) is 26.4. The molecule has 0 radical (unpaired) electrons. The highest BCUT2D eigenvalue weighted by Crippen LogP contribution is 2.33. The van der Waals surface area contributed by atoms with Crippen LogP contribution in [0, 0.1) is 0 Å². The molecule has 1 aliphatic rings. The lowest BCUT2D eigenvalue weighted by Gasteiger charge is -2.22. The van der Waals surface area contributed by atoms with Gasteiger partial charge in [-0.15, -0.1) is 0 Å². The van der Waals surface area contributed by atoms with E-state index in [2.05, 4.69) is 6.07 Å². The summed E-state index contributed by atoms with van der Waals surface area (Å²) in [5, 5.41) is 1.25. The van der Waals surface area contributed by atoms with Crippen LogP contribution >= 0.6 is 23.2 Å². The number of rotatable bonds is 1. The molecule has 88 valence electrons. The molecule has 0 heterocycles. The van der Waals surface area contributed by atoms with Crippen LogP contribution in [0.5, 0.6) is 0 Å². The zero-order valence-electron chi connectivity index (χ0n) is 9.26. The van der Waals surface area contributed by atoms with Crippen LogP contribution in [0.4, 0.5) is 0 Å². The van der Waals surface area contributed by atoms with E-state index in [0.29, 0.717) is 16.0 Å². The second kappa shape index (κ2) is 5.39. The Morgan fingerprint density at radius 2 is 1.75 bits per heavy atom. The highest BCUT2D eigenvalue weighted by Gasteiger charge is 2.22. The van der Waals surface area contributed by atoms with Gasteiger partial charge in [-0.05, 0) is 36.5 Å². The molecule has 2 atom stereocenters. The fourth-order valence-corrected chi connectivity index (χ4v) is 2.80. The molecule has 1 saturated carbocycles. The molecule has 0 saturated heterocycles. The summed E-state index contributed by atoms with van der Waals surface area (Å²) in [6.45, 7) is 0. The summed E-state index contributed by atoms with van der Waals surface area (Å²) in [6, 6.07) is 6.17. The number of halogens is 2. The largest absolute Gasteiger partial charge is 0.327 e. The third-order valence-electron chi connectivity index (χ3n) is 3.44. The maximum absolute atomic E-state index is 6.22.